The van der Waals surface area contributed by atoms with Gasteiger partial charge in [0.05, 0.1) is 12.2 Å². The molecule has 3 rings (SSSR count). The van der Waals surface area contributed by atoms with Crippen LogP contribution >= 0.6 is 6.64 Å². The molecule has 1 aromatic heterocycles. The molecule has 0 aliphatic carbocycles. The molecule has 0 amide bonds. The zero-order chi connectivity index (χ0) is 29.0. The van der Waals surface area contributed by atoms with Crippen molar-refractivity contribution in [1.29, 1.82) is 0 Å². The van der Waals surface area contributed by atoms with E-state index in [1.165, 1.54) is 6.92 Å². The Hall–Kier alpha value is -2.45. The first-order chi connectivity index (χ1) is 18.2. The number of halogens is 1. The molecule has 0 bridgehead atoms. The summed E-state index contributed by atoms with van der Waals surface area (Å²) < 4.78 is 45.0. The third-order valence-electron chi connectivity index (χ3n) is 5.37. The molecule has 39 heavy (non-hydrogen) atoms. The summed E-state index contributed by atoms with van der Waals surface area (Å²) in [5.41, 5.74) is -1.63. The lowest BCUT2D eigenvalue weighted by Gasteiger charge is -2.35. The highest BCUT2D eigenvalue weighted by atomic mass is 32.5. The van der Waals surface area contributed by atoms with Crippen LogP contribution in [0.1, 0.15) is 40.8 Å². The number of ether oxygens (including phenoxy) is 3. The highest BCUT2D eigenvalue weighted by molar-refractivity contribution is 8.09. The molecule has 216 valence electrons. The number of hydrogen-bond donors (Lipinski definition) is 3. The molecular formula is C24H33FN3O9PS. The lowest BCUT2D eigenvalue weighted by atomic mass is 10.1. The number of benzene rings is 1. The molecule has 0 saturated carbocycles. The van der Waals surface area contributed by atoms with Crippen LogP contribution in [0, 0.1) is 0 Å². The Morgan fingerprint density at radius 2 is 1.87 bits per heavy atom. The Balaban J connectivity index is 1.92. The van der Waals surface area contributed by atoms with Gasteiger partial charge in [-0.25, -0.2) is 14.3 Å². The first kappa shape index (κ1) is 31.1. The number of alkyl halides is 1. The summed E-state index contributed by atoms with van der Waals surface area (Å²) in [6, 6.07) is 8.49. The number of aliphatic hydroxyl groups excluding tert-OH is 1. The van der Waals surface area contributed by atoms with Gasteiger partial charge in [0.15, 0.2) is 12.4 Å². The fourth-order valence-electron chi connectivity index (χ4n) is 3.73. The zero-order valence-corrected chi connectivity index (χ0v) is 23.8. The van der Waals surface area contributed by atoms with Gasteiger partial charge in [-0.05, 0) is 58.6 Å². The van der Waals surface area contributed by atoms with Gasteiger partial charge >= 0.3 is 18.3 Å². The average Bonchev–Trinajstić information content (AvgIpc) is 3.08. The van der Waals surface area contributed by atoms with Crippen LogP contribution in [-0.4, -0.2) is 63.5 Å². The van der Waals surface area contributed by atoms with Gasteiger partial charge in [-0.15, -0.1) is 0 Å². The van der Waals surface area contributed by atoms with Gasteiger partial charge in [-0.1, -0.05) is 18.2 Å². The largest absolute Gasteiger partial charge is 0.462 e. The van der Waals surface area contributed by atoms with E-state index in [0.29, 0.717) is 5.75 Å². The standard InChI is InChI=1S/C24H33FN3O9PS/c1-14(2)34-22(31)16(5)27-38(39,37-17-9-7-6-8-10-17)33-13-24(35-15(3)4)20(30)19(25)21(36-24)28-12-11-18(29)26-23(28)32/h6-12,14-16,19-21,30H,13H2,1-5H3,(H,27,39)(H,26,29,32)/t16-,19-,20+,21-,24-,38?/m1/s1. The predicted octanol–water partition coefficient (Wildman–Crippen LogP) is 2.14. The first-order valence-electron chi connectivity index (χ1n) is 12.2. The molecule has 2 aromatic rings. The van der Waals surface area contributed by atoms with E-state index in [-0.39, 0.29) is 6.10 Å². The van der Waals surface area contributed by atoms with Crippen molar-refractivity contribution in [2.45, 2.75) is 77.2 Å². The van der Waals surface area contributed by atoms with Crippen LogP contribution < -0.4 is 20.9 Å². The minimum Gasteiger partial charge on any atom is -0.462 e. The summed E-state index contributed by atoms with van der Waals surface area (Å²) in [5, 5.41) is 13.8. The van der Waals surface area contributed by atoms with Crippen LogP contribution in [-0.2, 0) is 35.3 Å². The van der Waals surface area contributed by atoms with Crippen LogP contribution in [0.2, 0.25) is 0 Å². The van der Waals surface area contributed by atoms with Crippen LogP contribution in [0.3, 0.4) is 0 Å². The van der Waals surface area contributed by atoms with Gasteiger partial charge < -0.3 is 28.4 Å². The molecule has 0 radical (unpaired) electrons. The van der Waals surface area contributed by atoms with E-state index < -0.39 is 66.9 Å². The quantitative estimate of drug-likeness (QED) is 0.247. The molecule has 1 fully saturated rings. The van der Waals surface area contributed by atoms with E-state index in [1.54, 1.807) is 58.0 Å². The number of H-pyrrole nitrogens is 1. The van der Waals surface area contributed by atoms with Crippen molar-refractivity contribution >= 4 is 24.4 Å². The number of aromatic nitrogens is 2. The summed E-state index contributed by atoms with van der Waals surface area (Å²) in [7, 11) is 0. The number of para-hydroxylation sites is 1. The number of aliphatic hydroxyl groups is 1. The van der Waals surface area contributed by atoms with Crippen molar-refractivity contribution in [1.82, 2.24) is 14.6 Å². The monoisotopic (exact) mass is 589 g/mol. The number of nitrogens with zero attached hydrogens (tertiary/aromatic N) is 1. The van der Waals surface area contributed by atoms with Crippen LogP contribution in [0.15, 0.2) is 52.2 Å². The predicted molar refractivity (Wildman–Crippen MR) is 142 cm³/mol. The van der Waals surface area contributed by atoms with E-state index in [9.17, 15) is 19.5 Å². The highest BCUT2D eigenvalue weighted by Gasteiger charge is 2.59. The Kier molecular flexibility index (Phi) is 10.2. The third-order valence-corrected chi connectivity index (χ3v) is 7.85. The van der Waals surface area contributed by atoms with E-state index in [2.05, 4.69) is 5.09 Å². The number of carbonyl (C=O) groups excluding carboxylic acids is 1. The Bertz CT molecular complexity index is 1290. The molecule has 12 nitrogen and oxygen atoms in total. The molecule has 15 heteroatoms. The number of aromatic amines is 1. The Morgan fingerprint density at radius 3 is 2.46 bits per heavy atom. The highest BCUT2D eigenvalue weighted by Crippen LogP contribution is 2.49. The van der Waals surface area contributed by atoms with Crippen molar-refractivity contribution < 1.29 is 37.5 Å². The average molecular weight is 590 g/mol. The normalized spacial score (nSPS) is 25.4. The molecule has 1 unspecified atom stereocenters. The Morgan fingerprint density at radius 1 is 1.21 bits per heavy atom. The third kappa shape index (κ3) is 7.82. The summed E-state index contributed by atoms with van der Waals surface area (Å²) in [6.45, 7) is 3.90. The molecule has 6 atom stereocenters. The van der Waals surface area contributed by atoms with Crippen LogP contribution in [0.4, 0.5) is 4.39 Å². The molecule has 2 heterocycles. The summed E-state index contributed by atoms with van der Waals surface area (Å²) >= 11 is 5.68. The maximum Gasteiger partial charge on any atom is 0.330 e. The molecule has 3 N–H and O–H groups in total. The summed E-state index contributed by atoms with van der Waals surface area (Å²) in [4.78, 5) is 38.3. The van der Waals surface area contributed by atoms with Gasteiger partial charge in [-0.3, -0.25) is 19.1 Å². The smallest absolute Gasteiger partial charge is 0.330 e. The minimum absolute atomic E-state index is 0.325. The van der Waals surface area contributed by atoms with Crippen molar-refractivity contribution in [3.8, 4) is 5.75 Å². The maximum absolute atomic E-state index is 15.4. The fraction of sp³-hybridized carbons (Fsp3) is 0.542. The van der Waals surface area contributed by atoms with Crippen LogP contribution in [0.5, 0.6) is 5.75 Å². The fourth-order valence-corrected chi connectivity index (χ4v) is 6.13. The van der Waals surface area contributed by atoms with Crippen molar-refractivity contribution in [3.05, 3.63) is 63.4 Å². The molecule has 0 spiro atoms. The van der Waals surface area contributed by atoms with E-state index in [0.717, 1.165) is 16.8 Å². The van der Waals surface area contributed by atoms with Crippen molar-refractivity contribution in [3.63, 3.8) is 0 Å². The summed E-state index contributed by atoms with van der Waals surface area (Å²) in [5.74, 6) is -2.42. The molecule has 1 aliphatic rings. The van der Waals surface area contributed by atoms with Gasteiger partial charge in [-0.2, -0.15) is 0 Å². The lowest BCUT2D eigenvalue weighted by molar-refractivity contribution is -0.291. The van der Waals surface area contributed by atoms with E-state index in [1.807, 2.05) is 4.98 Å². The number of nitrogens with one attached hydrogen (secondary N) is 2. The topological polar surface area (TPSA) is 150 Å². The van der Waals surface area contributed by atoms with E-state index in [4.69, 9.17) is 35.1 Å². The second kappa shape index (κ2) is 12.8. The second-order valence-corrected chi connectivity index (χ2v) is 12.5. The maximum atomic E-state index is 15.4. The second-order valence-electron chi connectivity index (χ2n) is 9.41. The van der Waals surface area contributed by atoms with Crippen molar-refractivity contribution in [2.75, 3.05) is 6.61 Å². The Labute approximate surface area is 229 Å². The number of rotatable bonds is 12. The van der Waals surface area contributed by atoms with Gasteiger partial charge in [0.1, 0.15) is 24.5 Å². The van der Waals surface area contributed by atoms with Crippen molar-refractivity contribution in [2.24, 2.45) is 0 Å². The zero-order valence-electron chi connectivity index (χ0n) is 22.1. The van der Waals surface area contributed by atoms with Gasteiger partial charge in [0.2, 0.25) is 5.79 Å². The molecule has 1 saturated heterocycles. The lowest BCUT2D eigenvalue weighted by Crippen LogP contribution is -2.50. The minimum atomic E-state index is -3.61. The van der Waals surface area contributed by atoms with E-state index >= 15 is 4.39 Å². The number of carbonyl (C=O) groups is 1. The SMILES string of the molecule is CC(C)OC(=O)[C@@H](C)NP(=S)(OC[C@@]1(OC(C)C)O[C@@H](n2ccc(=O)[nH]c2=O)[C@H](F)[C@@H]1O)Oc1ccccc1. The van der Waals surface area contributed by atoms with Gasteiger partial charge in [0, 0.05) is 12.3 Å². The number of esters is 1. The number of hydrogen-bond acceptors (Lipinski definition) is 10. The first-order valence-corrected chi connectivity index (χ1v) is 14.9. The molecule has 1 aromatic carbocycles. The summed E-state index contributed by atoms with van der Waals surface area (Å²) in [6.07, 6.45) is -5.68. The van der Waals surface area contributed by atoms with Crippen LogP contribution in [0.25, 0.3) is 0 Å². The molecule has 1 aliphatic heterocycles. The van der Waals surface area contributed by atoms with Gasteiger partial charge in [0.25, 0.3) is 5.56 Å². The molecular weight excluding hydrogens is 556 g/mol.